The average molecular weight is 770 g/mol. The van der Waals surface area contributed by atoms with Crippen LogP contribution in [-0.2, 0) is 0 Å². The van der Waals surface area contributed by atoms with Crippen LogP contribution in [0.15, 0.2) is 217 Å². The zero-order valence-electron chi connectivity index (χ0n) is 32.0. The van der Waals surface area contributed by atoms with E-state index in [-0.39, 0.29) is 0 Å². The van der Waals surface area contributed by atoms with Gasteiger partial charge in [0.25, 0.3) is 0 Å². The predicted octanol–water partition coefficient (Wildman–Crippen LogP) is 16.7. The van der Waals surface area contributed by atoms with Crippen molar-refractivity contribution in [1.82, 2.24) is 0 Å². The van der Waals surface area contributed by atoms with Gasteiger partial charge in [-0.3, -0.25) is 0 Å². The molecule has 0 amide bonds. The summed E-state index contributed by atoms with van der Waals surface area (Å²) in [6.45, 7) is 0. The van der Waals surface area contributed by atoms with E-state index < -0.39 is 0 Å². The van der Waals surface area contributed by atoms with Crippen LogP contribution in [0.1, 0.15) is 0 Å². The van der Waals surface area contributed by atoms with Gasteiger partial charge < -0.3 is 9.32 Å². The number of hydrogen-bond acceptors (Lipinski definition) is 3. The van der Waals surface area contributed by atoms with Gasteiger partial charge in [0.1, 0.15) is 11.2 Å². The Balaban J connectivity index is 1.12. The van der Waals surface area contributed by atoms with Crippen LogP contribution in [-0.4, -0.2) is 0 Å². The average Bonchev–Trinajstić information content (AvgIpc) is 3.87. The molecule has 3 heteroatoms. The van der Waals surface area contributed by atoms with Gasteiger partial charge in [0.2, 0.25) is 0 Å². The van der Waals surface area contributed by atoms with Gasteiger partial charge in [-0.25, -0.2) is 0 Å². The van der Waals surface area contributed by atoms with E-state index >= 15 is 0 Å². The van der Waals surface area contributed by atoms with Gasteiger partial charge in [0, 0.05) is 47.9 Å². The molecule has 0 aliphatic heterocycles. The molecule has 10 aromatic carbocycles. The van der Waals surface area contributed by atoms with Crippen LogP contribution in [0, 0.1) is 0 Å². The molecular formula is C56H35NOS. The fraction of sp³-hybridized carbons (Fsp3) is 0. The summed E-state index contributed by atoms with van der Waals surface area (Å²) in [6, 6.07) is 77.3. The number of benzene rings is 10. The summed E-state index contributed by atoms with van der Waals surface area (Å²) in [6.07, 6.45) is 0. The Kier molecular flexibility index (Phi) is 7.75. The highest BCUT2D eigenvalue weighted by Gasteiger charge is 2.21. The lowest BCUT2D eigenvalue weighted by molar-refractivity contribution is 0.669. The zero-order chi connectivity index (χ0) is 38.9. The van der Waals surface area contributed by atoms with Gasteiger partial charge in [-0.1, -0.05) is 146 Å². The van der Waals surface area contributed by atoms with Gasteiger partial charge in [-0.15, -0.1) is 11.3 Å². The van der Waals surface area contributed by atoms with E-state index in [1.54, 1.807) is 0 Å². The molecule has 0 N–H and O–H groups in total. The third-order valence-corrected chi connectivity index (χ3v) is 13.0. The van der Waals surface area contributed by atoms with Crippen LogP contribution in [0.25, 0.3) is 97.0 Å². The molecule has 0 saturated heterocycles. The number of anilines is 3. The first-order valence-corrected chi connectivity index (χ1v) is 20.9. The number of nitrogens with zero attached hydrogens (tertiary/aromatic N) is 1. The number of hydrogen-bond donors (Lipinski definition) is 0. The summed E-state index contributed by atoms with van der Waals surface area (Å²) in [5.74, 6) is 0. The van der Waals surface area contributed by atoms with Crippen LogP contribution in [0.3, 0.4) is 0 Å². The molecule has 276 valence electrons. The van der Waals surface area contributed by atoms with Crippen molar-refractivity contribution >= 4 is 92.1 Å². The molecule has 0 bridgehead atoms. The molecule has 2 aromatic heterocycles. The molecule has 0 atom stereocenters. The van der Waals surface area contributed by atoms with Crippen molar-refractivity contribution in [2.75, 3.05) is 4.90 Å². The lowest BCUT2D eigenvalue weighted by atomic mass is 9.91. The first-order chi connectivity index (χ1) is 29.2. The standard InChI is InChI=1S/C56H35NOS/c1-2-13-36(14-3-1)44-28-26-40(50-32-39-15-4-5-18-43(39)45-19-6-7-20-46(45)50)33-52(44)57(42-27-30-56-51(35-42)49-22-9-11-24-55(49)59-56)41-17-12-16-37(31-41)38-25-29-48-47-21-8-10-23-53(47)58-54(48)34-38/h1-35H. The van der Waals surface area contributed by atoms with Crippen LogP contribution in [0.5, 0.6) is 0 Å². The number of para-hydroxylation sites is 1. The molecule has 12 rings (SSSR count). The van der Waals surface area contributed by atoms with Gasteiger partial charge in [-0.2, -0.15) is 0 Å². The molecule has 59 heavy (non-hydrogen) atoms. The maximum atomic E-state index is 6.37. The zero-order valence-corrected chi connectivity index (χ0v) is 32.8. The summed E-state index contributed by atoms with van der Waals surface area (Å²) in [4.78, 5) is 2.46. The predicted molar refractivity (Wildman–Crippen MR) is 253 cm³/mol. The fourth-order valence-electron chi connectivity index (χ4n) is 9.05. The Labute approximate surface area is 345 Å². The first-order valence-electron chi connectivity index (χ1n) is 20.1. The van der Waals surface area contributed by atoms with Crippen molar-refractivity contribution in [2.24, 2.45) is 0 Å². The van der Waals surface area contributed by atoms with Gasteiger partial charge in [0.05, 0.1) is 5.69 Å². The highest BCUT2D eigenvalue weighted by Crippen LogP contribution is 2.47. The fourth-order valence-corrected chi connectivity index (χ4v) is 10.1. The topological polar surface area (TPSA) is 16.4 Å². The quantitative estimate of drug-likeness (QED) is 0.157. The molecule has 0 aliphatic carbocycles. The molecule has 0 radical (unpaired) electrons. The second-order valence-corrected chi connectivity index (χ2v) is 16.3. The highest BCUT2D eigenvalue weighted by atomic mass is 32.1. The molecule has 12 aromatic rings. The summed E-state index contributed by atoms with van der Waals surface area (Å²) in [7, 11) is 0. The van der Waals surface area contributed by atoms with E-state index in [9.17, 15) is 0 Å². The molecule has 0 spiro atoms. The smallest absolute Gasteiger partial charge is 0.136 e. The maximum Gasteiger partial charge on any atom is 0.136 e. The Morgan fingerprint density at radius 2 is 0.983 bits per heavy atom. The first kappa shape index (κ1) is 33.7. The number of thiophene rings is 1. The molecular weight excluding hydrogens is 735 g/mol. The molecule has 0 unspecified atom stereocenters. The minimum atomic E-state index is 0.891. The Morgan fingerprint density at radius 1 is 0.322 bits per heavy atom. The van der Waals surface area contributed by atoms with Crippen molar-refractivity contribution in [2.45, 2.75) is 0 Å². The van der Waals surface area contributed by atoms with E-state index in [1.807, 2.05) is 23.5 Å². The van der Waals surface area contributed by atoms with E-state index in [0.717, 1.165) is 61.3 Å². The summed E-state index contributed by atoms with van der Waals surface area (Å²) < 4.78 is 8.94. The minimum absolute atomic E-state index is 0.891. The lowest BCUT2D eigenvalue weighted by Crippen LogP contribution is -2.11. The van der Waals surface area contributed by atoms with Crippen molar-refractivity contribution in [1.29, 1.82) is 0 Å². The van der Waals surface area contributed by atoms with E-state index in [4.69, 9.17) is 4.42 Å². The molecule has 2 heterocycles. The van der Waals surface area contributed by atoms with Gasteiger partial charge in [-0.05, 0) is 116 Å². The molecule has 0 fully saturated rings. The Morgan fingerprint density at radius 3 is 1.88 bits per heavy atom. The monoisotopic (exact) mass is 769 g/mol. The van der Waals surface area contributed by atoms with E-state index in [2.05, 4.69) is 205 Å². The second kappa shape index (κ2) is 13.6. The molecule has 0 aliphatic rings. The Bertz CT molecular complexity index is 3580. The second-order valence-electron chi connectivity index (χ2n) is 15.3. The normalized spacial score (nSPS) is 11.7. The third kappa shape index (κ3) is 5.62. The van der Waals surface area contributed by atoms with Gasteiger partial charge >= 0.3 is 0 Å². The molecule has 2 nitrogen and oxygen atoms in total. The van der Waals surface area contributed by atoms with Gasteiger partial charge in [0.15, 0.2) is 0 Å². The Hall–Kier alpha value is -7.46. The third-order valence-electron chi connectivity index (χ3n) is 11.8. The van der Waals surface area contributed by atoms with Crippen LogP contribution in [0.4, 0.5) is 17.1 Å². The van der Waals surface area contributed by atoms with Crippen molar-refractivity contribution < 1.29 is 4.42 Å². The highest BCUT2D eigenvalue weighted by molar-refractivity contribution is 7.25. The van der Waals surface area contributed by atoms with Crippen molar-refractivity contribution in [3.8, 4) is 33.4 Å². The van der Waals surface area contributed by atoms with Crippen LogP contribution < -0.4 is 4.90 Å². The summed E-state index contributed by atoms with van der Waals surface area (Å²) >= 11 is 1.85. The largest absolute Gasteiger partial charge is 0.456 e. The van der Waals surface area contributed by atoms with Crippen molar-refractivity contribution in [3.63, 3.8) is 0 Å². The number of fused-ring (bicyclic) bond motifs is 9. The number of rotatable bonds is 6. The molecule has 0 saturated carbocycles. The maximum absolute atomic E-state index is 6.37. The summed E-state index contributed by atoms with van der Waals surface area (Å²) in [5.41, 5.74) is 12.0. The minimum Gasteiger partial charge on any atom is -0.456 e. The number of furan rings is 1. The van der Waals surface area contributed by atoms with E-state index in [0.29, 0.717) is 0 Å². The van der Waals surface area contributed by atoms with E-state index in [1.165, 1.54) is 52.8 Å². The van der Waals surface area contributed by atoms with Crippen LogP contribution >= 0.6 is 11.3 Å². The SMILES string of the molecule is c1ccc(-c2ccc(-c3cc4ccccc4c4ccccc34)cc2N(c2cccc(-c3ccc4c(c3)oc3ccccc34)c2)c2ccc3sc4ccccc4c3c2)cc1. The van der Waals surface area contributed by atoms with Crippen LogP contribution in [0.2, 0.25) is 0 Å². The summed E-state index contributed by atoms with van der Waals surface area (Å²) in [5, 5.41) is 9.81. The van der Waals surface area contributed by atoms with Crippen molar-refractivity contribution in [3.05, 3.63) is 212 Å². The lowest BCUT2D eigenvalue weighted by Gasteiger charge is -2.29.